The van der Waals surface area contributed by atoms with Crippen molar-refractivity contribution in [3.63, 3.8) is 0 Å². The molecule has 15 heavy (non-hydrogen) atoms. The molecule has 0 aromatic heterocycles. The summed E-state index contributed by atoms with van der Waals surface area (Å²) in [7, 11) is 0. The van der Waals surface area contributed by atoms with Gasteiger partial charge in [0.2, 0.25) is 5.91 Å². The SMILES string of the molecule is N#CCNC(=O)[C@H]1C2C=C[C@@H](C2)C1CO. The van der Waals surface area contributed by atoms with Gasteiger partial charge in [-0.1, -0.05) is 12.2 Å². The van der Waals surface area contributed by atoms with Gasteiger partial charge in [0.15, 0.2) is 0 Å². The number of aliphatic hydroxyl groups is 1. The molecule has 4 atom stereocenters. The number of nitriles is 1. The topological polar surface area (TPSA) is 73.1 Å². The van der Waals surface area contributed by atoms with Gasteiger partial charge in [0.1, 0.15) is 6.54 Å². The molecule has 2 aliphatic carbocycles. The predicted octanol–water partition coefficient (Wildman–Crippen LogP) is 0.0568. The summed E-state index contributed by atoms with van der Waals surface area (Å²) >= 11 is 0. The number of nitrogens with zero attached hydrogens (tertiary/aromatic N) is 1. The fourth-order valence-electron chi connectivity index (χ4n) is 2.81. The molecule has 1 fully saturated rings. The summed E-state index contributed by atoms with van der Waals surface area (Å²) in [4.78, 5) is 11.8. The molecule has 2 unspecified atom stereocenters. The highest BCUT2D eigenvalue weighted by Crippen LogP contribution is 2.47. The zero-order chi connectivity index (χ0) is 10.8. The molecule has 80 valence electrons. The molecular weight excluding hydrogens is 192 g/mol. The molecule has 0 aromatic carbocycles. The van der Waals surface area contributed by atoms with Crippen LogP contribution >= 0.6 is 0 Å². The minimum atomic E-state index is -0.140. The number of allylic oxidation sites excluding steroid dienone is 2. The van der Waals surface area contributed by atoms with E-state index in [1.54, 1.807) is 0 Å². The quantitative estimate of drug-likeness (QED) is 0.506. The maximum Gasteiger partial charge on any atom is 0.224 e. The maximum atomic E-state index is 11.8. The van der Waals surface area contributed by atoms with Crippen LogP contribution in [0.5, 0.6) is 0 Å². The van der Waals surface area contributed by atoms with Crippen molar-refractivity contribution >= 4 is 5.91 Å². The van der Waals surface area contributed by atoms with Gasteiger partial charge in [-0.3, -0.25) is 4.79 Å². The number of fused-ring (bicyclic) bond motifs is 2. The van der Waals surface area contributed by atoms with E-state index in [2.05, 4.69) is 17.5 Å². The predicted molar refractivity (Wildman–Crippen MR) is 53.4 cm³/mol. The van der Waals surface area contributed by atoms with Gasteiger partial charge in [0.05, 0.1) is 6.07 Å². The Morgan fingerprint density at radius 1 is 1.53 bits per heavy atom. The first kappa shape index (κ1) is 10.2. The number of aliphatic hydroxyl groups excluding tert-OH is 1. The van der Waals surface area contributed by atoms with Gasteiger partial charge in [0, 0.05) is 18.4 Å². The number of carbonyl (C=O) groups excluding carboxylic acids is 1. The monoisotopic (exact) mass is 206 g/mol. The van der Waals surface area contributed by atoms with E-state index in [9.17, 15) is 9.90 Å². The minimum absolute atomic E-state index is 0.0405. The van der Waals surface area contributed by atoms with Gasteiger partial charge in [-0.05, 0) is 18.3 Å². The first-order valence-electron chi connectivity index (χ1n) is 5.21. The van der Waals surface area contributed by atoms with E-state index in [-0.39, 0.29) is 36.8 Å². The molecule has 0 radical (unpaired) electrons. The van der Waals surface area contributed by atoms with Crippen LogP contribution in [0.2, 0.25) is 0 Å². The van der Waals surface area contributed by atoms with E-state index in [0.29, 0.717) is 5.92 Å². The fourth-order valence-corrected chi connectivity index (χ4v) is 2.81. The zero-order valence-corrected chi connectivity index (χ0v) is 8.39. The molecule has 2 bridgehead atoms. The van der Waals surface area contributed by atoms with E-state index >= 15 is 0 Å². The molecule has 4 nitrogen and oxygen atoms in total. The van der Waals surface area contributed by atoms with E-state index in [0.717, 1.165) is 6.42 Å². The number of hydrogen-bond acceptors (Lipinski definition) is 3. The summed E-state index contributed by atoms with van der Waals surface area (Å²) < 4.78 is 0. The Balaban J connectivity index is 2.05. The summed E-state index contributed by atoms with van der Waals surface area (Å²) in [6.45, 7) is 0.102. The number of nitrogens with one attached hydrogen (secondary N) is 1. The Morgan fingerprint density at radius 3 is 2.93 bits per heavy atom. The van der Waals surface area contributed by atoms with Crippen molar-refractivity contribution in [2.45, 2.75) is 6.42 Å². The maximum absolute atomic E-state index is 11.8. The lowest BCUT2D eigenvalue weighted by Gasteiger charge is -2.24. The van der Waals surface area contributed by atoms with E-state index in [4.69, 9.17) is 5.26 Å². The average Bonchev–Trinajstić information content (AvgIpc) is 2.84. The van der Waals surface area contributed by atoms with E-state index in [1.807, 2.05) is 6.07 Å². The van der Waals surface area contributed by atoms with Crippen LogP contribution in [0.15, 0.2) is 12.2 Å². The Labute approximate surface area is 88.6 Å². The third-order valence-corrected chi connectivity index (χ3v) is 3.48. The highest BCUT2D eigenvalue weighted by Gasteiger charge is 2.47. The van der Waals surface area contributed by atoms with Crippen LogP contribution < -0.4 is 5.32 Å². The summed E-state index contributed by atoms with van der Waals surface area (Å²) in [5.74, 6) is 0.410. The normalized spacial score (nSPS) is 36.5. The third-order valence-electron chi connectivity index (χ3n) is 3.48. The second-order valence-corrected chi connectivity index (χ2v) is 4.20. The van der Waals surface area contributed by atoms with Crippen molar-refractivity contribution in [3.05, 3.63) is 12.2 Å². The number of amides is 1. The highest BCUT2D eigenvalue weighted by molar-refractivity contribution is 5.80. The molecular formula is C11H14N2O2. The van der Waals surface area contributed by atoms with Crippen LogP contribution in [0.3, 0.4) is 0 Å². The van der Waals surface area contributed by atoms with Crippen molar-refractivity contribution < 1.29 is 9.90 Å². The lowest BCUT2D eigenvalue weighted by Crippen LogP contribution is -2.38. The molecule has 0 saturated heterocycles. The first-order valence-corrected chi connectivity index (χ1v) is 5.21. The fraction of sp³-hybridized carbons (Fsp3) is 0.636. The molecule has 2 rings (SSSR count). The Hall–Kier alpha value is -1.34. The van der Waals surface area contributed by atoms with Crippen molar-refractivity contribution in [2.24, 2.45) is 23.7 Å². The lowest BCUT2D eigenvalue weighted by molar-refractivity contribution is -0.127. The molecule has 0 aromatic rings. The second kappa shape index (κ2) is 4.03. The smallest absolute Gasteiger partial charge is 0.224 e. The third kappa shape index (κ3) is 1.64. The zero-order valence-electron chi connectivity index (χ0n) is 8.39. The number of hydrogen-bond donors (Lipinski definition) is 2. The lowest BCUT2D eigenvalue weighted by atomic mass is 9.83. The molecule has 1 saturated carbocycles. The molecule has 1 amide bonds. The minimum Gasteiger partial charge on any atom is -0.396 e. The summed E-state index contributed by atoms with van der Waals surface area (Å²) in [5.41, 5.74) is 0. The number of rotatable bonds is 3. The summed E-state index contributed by atoms with van der Waals surface area (Å²) in [6.07, 6.45) is 5.13. The van der Waals surface area contributed by atoms with Crippen molar-refractivity contribution in [2.75, 3.05) is 13.2 Å². The molecule has 2 N–H and O–H groups in total. The highest BCUT2D eigenvalue weighted by atomic mass is 16.3. The van der Waals surface area contributed by atoms with Gasteiger partial charge in [-0.15, -0.1) is 0 Å². The second-order valence-electron chi connectivity index (χ2n) is 4.20. The van der Waals surface area contributed by atoms with Crippen LogP contribution in [-0.2, 0) is 4.79 Å². The van der Waals surface area contributed by atoms with Gasteiger partial charge in [0.25, 0.3) is 0 Å². The summed E-state index contributed by atoms with van der Waals surface area (Å²) in [6, 6.07) is 1.89. The standard InChI is InChI=1S/C11H14N2O2/c12-3-4-13-11(15)10-8-2-1-7(5-8)9(10)6-14/h1-2,7-10,14H,4-6H2,(H,13,15)/t7-,8?,9?,10-/m0/s1. The molecule has 4 heteroatoms. The van der Waals surface area contributed by atoms with E-state index < -0.39 is 0 Å². The first-order chi connectivity index (χ1) is 7.27. The van der Waals surface area contributed by atoms with Crippen LogP contribution in [0.1, 0.15) is 6.42 Å². The van der Waals surface area contributed by atoms with Crippen molar-refractivity contribution in [1.29, 1.82) is 5.26 Å². The van der Waals surface area contributed by atoms with Crippen LogP contribution in [0, 0.1) is 35.0 Å². The summed E-state index contributed by atoms with van der Waals surface area (Å²) in [5, 5.41) is 20.2. The molecule has 0 spiro atoms. The molecule has 0 aliphatic heterocycles. The van der Waals surface area contributed by atoms with Crippen LogP contribution in [0.25, 0.3) is 0 Å². The molecule has 2 aliphatic rings. The Morgan fingerprint density at radius 2 is 2.27 bits per heavy atom. The molecule has 0 heterocycles. The van der Waals surface area contributed by atoms with Crippen LogP contribution in [0.4, 0.5) is 0 Å². The van der Waals surface area contributed by atoms with Crippen LogP contribution in [-0.4, -0.2) is 24.2 Å². The van der Waals surface area contributed by atoms with E-state index in [1.165, 1.54) is 0 Å². The average molecular weight is 206 g/mol. The van der Waals surface area contributed by atoms with Crippen molar-refractivity contribution in [3.8, 4) is 6.07 Å². The van der Waals surface area contributed by atoms with Gasteiger partial charge < -0.3 is 10.4 Å². The van der Waals surface area contributed by atoms with Crippen molar-refractivity contribution in [1.82, 2.24) is 5.32 Å². The van der Waals surface area contributed by atoms with Gasteiger partial charge in [-0.25, -0.2) is 0 Å². The Kier molecular flexibility index (Phi) is 2.74. The van der Waals surface area contributed by atoms with Gasteiger partial charge >= 0.3 is 0 Å². The largest absolute Gasteiger partial charge is 0.396 e. The Bertz CT molecular complexity index is 332. The van der Waals surface area contributed by atoms with Gasteiger partial charge in [-0.2, -0.15) is 5.26 Å². The number of carbonyl (C=O) groups is 1.